The summed E-state index contributed by atoms with van der Waals surface area (Å²) in [6.07, 6.45) is -5.72. The lowest BCUT2D eigenvalue weighted by Crippen LogP contribution is -2.60. The maximum absolute atomic E-state index is 13.1. The van der Waals surface area contributed by atoms with E-state index >= 15 is 0 Å². The van der Waals surface area contributed by atoms with Gasteiger partial charge in [0.25, 0.3) is 5.91 Å². The second-order valence-corrected chi connectivity index (χ2v) is 5.05. The number of para-hydroxylation sites is 1. The highest BCUT2D eigenvalue weighted by Crippen LogP contribution is 2.31. The maximum atomic E-state index is 13.1. The van der Waals surface area contributed by atoms with Gasteiger partial charge in [-0.2, -0.15) is 18.4 Å². The summed E-state index contributed by atoms with van der Waals surface area (Å²) in [5.41, 5.74) is 0.211. The van der Waals surface area contributed by atoms with Gasteiger partial charge in [0.1, 0.15) is 11.8 Å². The minimum atomic E-state index is -4.58. The lowest BCUT2D eigenvalue weighted by molar-refractivity contribution is -0.230. The molecular formula is C15H15F3N2O3. The molecule has 0 radical (unpaired) electrons. The molecule has 0 spiro atoms. The fourth-order valence-corrected chi connectivity index (χ4v) is 2.45. The Kier molecular flexibility index (Phi) is 5.11. The van der Waals surface area contributed by atoms with Crippen molar-refractivity contribution in [2.45, 2.75) is 25.2 Å². The van der Waals surface area contributed by atoms with Crippen LogP contribution < -0.4 is 4.74 Å². The number of benzene rings is 1. The molecule has 8 heteroatoms. The molecule has 0 saturated carbocycles. The molecule has 1 aliphatic rings. The molecule has 2 atom stereocenters. The van der Waals surface area contributed by atoms with E-state index in [2.05, 4.69) is 0 Å². The minimum Gasteiger partial charge on any atom is -0.482 e. The highest BCUT2D eigenvalue weighted by molar-refractivity contribution is 5.78. The Morgan fingerprint density at radius 3 is 2.83 bits per heavy atom. The molecule has 5 nitrogen and oxygen atoms in total. The van der Waals surface area contributed by atoms with E-state index in [0.29, 0.717) is 0 Å². The van der Waals surface area contributed by atoms with E-state index in [-0.39, 0.29) is 24.5 Å². The minimum absolute atomic E-state index is 0.0360. The van der Waals surface area contributed by atoms with Crippen LogP contribution in [0.5, 0.6) is 5.75 Å². The summed E-state index contributed by atoms with van der Waals surface area (Å²) in [5.74, 6) is -0.636. The molecule has 1 heterocycles. The molecule has 1 saturated heterocycles. The Morgan fingerprint density at radius 1 is 1.48 bits per heavy atom. The first kappa shape index (κ1) is 17.1. The third-order valence-electron chi connectivity index (χ3n) is 3.51. The number of carbonyl (C=O) groups is 1. The van der Waals surface area contributed by atoms with Gasteiger partial charge in [0.2, 0.25) is 0 Å². The van der Waals surface area contributed by atoms with Crippen LogP contribution >= 0.6 is 0 Å². The zero-order chi connectivity index (χ0) is 17.0. The summed E-state index contributed by atoms with van der Waals surface area (Å²) in [6, 6.07) is 6.09. The van der Waals surface area contributed by atoms with Crippen molar-refractivity contribution >= 4 is 5.91 Å². The molecule has 0 bridgehead atoms. The average Bonchev–Trinajstić information content (AvgIpc) is 2.51. The lowest BCUT2D eigenvalue weighted by Gasteiger charge is -2.40. The predicted octanol–water partition coefficient (Wildman–Crippen LogP) is 2.12. The van der Waals surface area contributed by atoms with Crippen LogP contribution in [0.3, 0.4) is 0 Å². The Morgan fingerprint density at radius 2 is 2.17 bits per heavy atom. The smallest absolute Gasteiger partial charge is 0.411 e. The highest BCUT2D eigenvalue weighted by atomic mass is 19.4. The van der Waals surface area contributed by atoms with E-state index in [4.69, 9.17) is 14.7 Å². The first-order valence-electron chi connectivity index (χ1n) is 6.94. The second-order valence-electron chi connectivity index (χ2n) is 5.05. The number of nitriles is 1. The molecule has 0 aromatic heterocycles. The van der Waals surface area contributed by atoms with Crippen molar-refractivity contribution in [3.63, 3.8) is 0 Å². The number of rotatable bonds is 3. The van der Waals surface area contributed by atoms with Crippen LogP contribution in [0.15, 0.2) is 24.3 Å². The summed E-state index contributed by atoms with van der Waals surface area (Å²) < 4.78 is 49.6. The number of halogens is 3. The van der Waals surface area contributed by atoms with Gasteiger partial charge in [-0.25, -0.2) is 0 Å². The summed E-state index contributed by atoms with van der Waals surface area (Å²) in [7, 11) is 0. The summed E-state index contributed by atoms with van der Waals surface area (Å²) in [4.78, 5) is 12.9. The Balaban J connectivity index is 2.08. The number of amides is 1. The number of ether oxygens (including phenoxy) is 2. The van der Waals surface area contributed by atoms with Crippen molar-refractivity contribution in [1.29, 1.82) is 5.26 Å². The first-order valence-corrected chi connectivity index (χ1v) is 6.94. The number of carbonyl (C=O) groups excluding carboxylic acids is 1. The summed E-state index contributed by atoms with van der Waals surface area (Å²) in [6.45, 7) is 0.590. The van der Waals surface area contributed by atoms with E-state index in [0.717, 1.165) is 4.90 Å². The molecule has 2 rings (SSSR count). The van der Waals surface area contributed by atoms with E-state index in [9.17, 15) is 18.0 Å². The van der Waals surface area contributed by atoms with Gasteiger partial charge in [-0.3, -0.25) is 4.79 Å². The third-order valence-corrected chi connectivity index (χ3v) is 3.51. The number of alkyl halides is 3. The van der Waals surface area contributed by atoms with Crippen LogP contribution in [0, 0.1) is 11.3 Å². The number of morpholine rings is 1. The zero-order valence-corrected chi connectivity index (χ0v) is 12.3. The summed E-state index contributed by atoms with van der Waals surface area (Å²) >= 11 is 0. The summed E-state index contributed by atoms with van der Waals surface area (Å²) in [5, 5.41) is 8.93. The van der Waals surface area contributed by atoms with Gasteiger partial charge in [0, 0.05) is 6.54 Å². The third kappa shape index (κ3) is 3.93. The van der Waals surface area contributed by atoms with E-state index < -0.39 is 30.8 Å². The fraction of sp³-hybridized carbons (Fsp3) is 0.467. The van der Waals surface area contributed by atoms with Crippen molar-refractivity contribution in [3.05, 3.63) is 29.8 Å². The van der Waals surface area contributed by atoms with E-state index in [1.807, 2.05) is 6.07 Å². The molecule has 1 aromatic rings. The topological polar surface area (TPSA) is 62.6 Å². The molecule has 0 aliphatic carbocycles. The molecule has 1 aliphatic heterocycles. The molecular weight excluding hydrogens is 313 g/mol. The van der Waals surface area contributed by atoms with Crippen LogP contribution in [-0.4, -0.2) is 48.9 Å². The normalized spacial score (nSPS) is 21.6. The van der Waals surface area contributed by atoms with Gasteiger partial charge in [-0.1, -0.05) is 12.1 Å². The van der Waals surface area contributed by atoms with Gasteiger partial charge in [0.15, 0.2) is 12.6 Å². The van der Waals surface area contributed by atoms with Crippen LogP contribution in [0.4, 0.5) is 13.2 Å². The van der Waals surface area contributed by atoms with Crippen molar-refractivity contribution < 1.29 is 27.4 Å². The monoisotopic (exact) mass is 328 g/mol. The molecule has 124 valence electrons. The lowest BCUT2D eigenvalue weighted by atomic mass is 10.1. The highest BCUT2D eigenvalue weighted by Gasteiger charge is 2.50. The molecule has 0 unspecified atom stereocenters. The molecule has 1 amide bonds. The van der Waals surface area contributed by atoms with E-state index in [1.165, 1.54) is 19.1 Å². The Hall–Kier alpha value is -2.27. The standard InChI is InChI=1S/C15H15F3N2O3/c1-10-14(15(16,17)18)20(6-7-22-10)13(21)9-23-12-5-3-2-4-11(12)8-19/h2-5,10,14H,6-7,9H2,1H3/t10-,14-/m0/s1. The van der Waals surface area contributed by atoms with Gasteiger partial charge >= 0.3 is 6.18 Å². The van der Waals surface area contributed by atoms with Gasteiger partial charge in [0.05, 0.1) is 18.3 Å². The quantitative estimate of drug-likeness (QED) is 0.853. The van der Waals surface area contributed by atoms with Crippen LogP contribution in [-0.2, 0) is 9.53 Å². The van der Waals surface area contributed by atoms with Gasteiger partial charge < -0.3 is 14.4 Å². The molecule has 1 aromatic carbocycles. The van der Waals surface area contributed by atoms with Gasteiger partial charge in [-0.15, -0.1) is 0 Å². The number of hydrogen-bond acceptors (Lipinski definition) is 4. The van der Waals surface area contributed by atoms with Crippen molar-refractivity contribution in [1.82, 2.24) is 4.90 Å². The first-order chi connectivity index (χ1) is 10.8. The second kappa shape index (κ2) is 6.87. The van der Waals surface area contributed by atoms with Crippen LogP contribution in [0.2, 0.25) is 0 Å². The predicted molar refractivity (Wildman–Crippen MR) is 73.6 cm³/mol. The largest absolute Gasteiger partial charge is 0.482 e. The Bertz CT molecular complexity index is 613. The number of nitrogens with zero attached hydrogens (tertiary/aromatic N) is 2. The SMILES string of the molecule is C[C@@H]1OCCN(C(=O)COc2ccccc2C#N)[C@@H]1C(F)(F)F. The van der Waals surface area contributed by atoms with Crippen LogP contribution in [0.25, 0.3) is 0 Å². The molecule has 23 heavy (non-hydrogen) atoms. The van der Waals surface area contributed by atoms with Crippen molar-refractivity contribution in [2.75, 3.05) is 19.8 Å². The zero-order valence-electron chi connectivity index (χ0n) is 12.3. The molecule has 1 fully saturated rings. The molecule has 0 N–H and O–H groups in total. The van der Waals surface area contributed by atoms with Gasteiger partial charge in [-0.05, 0) is 19.1 Å². The van der Waals surface area contributed by atoms with Crippen LogP contribution in [0.1, 0.15) is 12.5 Å². The van der Waals surface area contributed by atoms with Crippen molar-refractivity contribution in [3.8, 4) is 11.8 Å². The average molecular weight is 328 g/mol. The van der Waals surface area contributed by atoms with Crippen molar-refractivity contribution in [2.24, 2.45) is 0 Å². The number of hydrogen-bond donors (Lipinski definition) is 0. The van der Waals surface area contributed by atoms with E-state index in [1.54, 1.807) is 12.1 Å². The maximum Gasteiger partial charge on any atom is 0.411 e. The fourth-order valence-electron chi connectivity index (χ4n) is 2.45. The Labute approximate surface area is 131 Å².